The van der Waals surface area contributed by atoms with E-state index in [1.807, 2.05) is 0 Å². The highest BCUT2D eigenvalue weighted by Gasteiger charge is 2.07. The third-order valence-corrected chi connectivity index (χ3v) is 1.86. The number of hydrogen-bond acceptors (Lipinski definition) is 4. The monoisotopic (exact) mass is 221 g/mol. The number of aromatic nitrogens is 1. The number of carboxylic acids is 1. The van der Waals surface area contributed by atoms with Crippen LogP contribution in [0.1, 0.15) is 22.5 Å². The highest BCUT2D eigenvalue weighted by atomic mass is 16.5. The zero-order valence-electron chi connectivity index (χ0n) is 8.71. The molecular formula is C11H11NO4. The normalized spacial score (nSPS) is 10.3. The van der Waals surface area contributed by atoms with Crippen molar-refractivity contribution in [3.8, 4) is 0 Å². The average molecular weight is 221 g/mol. The molecule has 1 rings (SSSR count). The summed E-state index contributed by atoms with van der Waals surface area (Å²) in [6, 6.07) is 2.99. The molecule has 5 nitrogen and oxygen atoms in total. The molecular weight excluding hydrogens is 210 g/mol. The molecule has 84 valence electrons. The van der Waals surface area contributed by atoms with Gasteiger partial charge in [0.2, 0.25) is 0 Å². The van der Waals surface area contributed by atoms with E-state index in [1.54, 1.807) is 6.07 Å². The van der Waals surface area contributed by atoms with Crippen LogP contribution >= 0.6 is 0 Å². The smallest absolute Gasteiger partial charge is 0.337 e. The van der Waals surface area contributed by atoms with Gasteiger partial charge in [-0.25, -0.2) is 4.79 Å². The van der Waals surface area contributed by atoms with Gasteiger partial charge in [0.25, 0.3) is 0 Å². The van der Waals surface area contributed by atoms with Crippen molar-refractivity contribution in [2.24, 2.45) is 0 Å². The van der Waals surface area contributed by atoms with Crippen LogP contribution in [0.2, 0.25) is 0 Å². The number of esters is 1. The summed E-state index contributed by atoms with van der Waals surface area (Å²) in [5.74, 6) is -1.44. The van der Waals surface area contributed by atoms with Crippen molar-refractivity contribution in [1.82, 2.24) is 4.98 Å². The summed E-state index contributed by atoms with van der Waals surface area (Å²) in [7, 11) is 1.29. The Morgan fingerprint density at radius 3 is 2.94 bits per heavy atom. The Bertz CT molecular complexity index is 426. The molecule has 16 heavy (non-hydrogen) atoms. The summed E-state index contributed by atoms with van der Waals surface area (Å²) < 4.78 is 4.44. The van der Waals surface area contributed by atoms with Crippen LogP contribution in [0.3, 0.4) is 0 Å². The van der Waals surface area contributed by atoms with Crippen LogP contribution in [0.4, 0.5) is 0 Å². The Morgan fingerprint density at radius 1 is 1.56 bits per heavy atom. The molecule has 5 heteroatoms. The van der Waals surface area contributed by atoms with Gasteiger partial charge in [-0.15, -0.1) is 0 Å². The van der Waals surface area contributed by atoms with Gasteiger partial charge in [0.15, 0.2) is 0 Å². The van der Waals surface area contributed by atoms with Gasteiger partial charge in [-0.1, -0.05) is 6.08 Å². The summed E-state index contributed by atoms with van der Waals surface area (Å²) in [6.07, 6.45) is 4.58. The van der Waals surface area contributed by atoms with Gasteiger partial charge in [-0.3, -0.25) is 9.78 Å². The average Bonchev–Trinajstić information content (AvgIpc) is 2.29. The first-order chi connectivity index (χ1) is 7.65. The minimum Gasteiger partial charge on any atom is -0.478 e. The van der Waals surface area contributed by atoms with Gasteiger partial charge in [0.1, 0.15) is 0 Å². The molecule has 0 aliphatic heterocycles. The zero-order valence-corrected chi connectivity index (χ0v) is 8.71. The van der Waals surface area contributed by atoms with Crippen molar-refractivity contribution in [3.05, 3.63) is 35.7 Å². The number of methoxy groups -OCH3 is 1. The summed E-state index contributed by atoms with van der Waals surface area (Å²) >= 11 is 0. The van der Waals surface area contributed by atoms with Gasteiger partial charge < -0.3 is 9.84 Å². The highest BCUT2D eigenvalue weighted by molar-refractivity contribution is 5.91. The number of ether oxygens (including phenoxy) is 1. The fraction of sp³-hybridized carbons (Fsp3) is 0.182. The van der Waals surface area contributed by atoms with E-state index in [2.05, 4.69) is 9.72 Å². The van der Waals surface area contributed by atoms with Crippen molar-refractivity contribution < 1.29 is 19.4 Å². The fourth-order valence-corrected chi connectivity index (χ4v) is 1.08. The van der Waals surface area contributed by atoms with Gasteiger partial charge >= 0.3 is 11.9 Å². The molecule has 1 N–H and O–H groups in total. The van der Waals surface area contributed by atoms with Gasteiger partial charge in [0.05, 0.1) is 24.8 Å². The molecule has 0 saturated heterocycles. The van der Waals surface area contributed by atoms with E-state index in [0.29, 0.717) is 5.69 Å². The second-order valence-corrected chi connectivity index (χ2v) is 2.92. The van der Waals surface area contributed by atoms with Crippen LogP contribution in [-0.4, -0.2) is 29.1 Å². The number of nitrogens with zero attached hydrogens (tertiary/aromatic N) is 1. The Labute approximate surface area is 92.4 Å². The first-order valence-electron chi connectivity index (χ1n) is 4.57. The van der Waals surface area contributed by atoms with Crippen LogP contribution in [0.5, 0.6) is 0 Å². The number of carbonyl (C=O) groups is 2. The molecule has 0 bridgehead atoms. The third kappa shape index (κ3) is 3.20. The molecule has 1 aromatic rings. The molecule has 0 amide bonds. The SMILES string of the molecule is COC(=O)CC=Cc1ncccc1C(=O)O. The standard InChI is InChI=1S/C11H11NO4/c1-16-10(13)6-2-5-9-8(11(14)15)4-3-7-12-9/h2-5,7H,6H2,1H3,(H,14,15). The van der Waals surface area contributed by atoms with Crippen molar-refractivity contribution in [1.29, 1.82) is 0 Å². The maximum Gasteiger partial charge on any atom is 0.337 e. The number of pyridine rings is 1. The lowest BCUT2D eigenvalue weighted by molar-refractivity contribution is -0.139. The summed E-state index contributed by atoms with van der Waals surface area (Å²) in [5, 5.41) is 8.85. The van der Waals surface area contributed by atoms with E-state index in [0.717, 1.165) is 0 Å². The molecule has 1 aromatic heterocycles. The van der Waals surface area contributed by atoms with Crippen molar-refractivity contribution >= 4 is 18.0 Å². The zero-order chi connectivity index (χ0) is 12.0. The molecule has 0 spiro atoms. The lowest BCUT2D eigenvalue weighted by Crippen LogP contribution is -2.01. The van der Waals surface area contributed by atoms with Crippen LogP contribution in [0.15, 0.2) is 24.4 Å². The summed E-state index contributed by atoms with van der Waals surface area (Å²) in [4.78, 5) is 25.5. The maximum atomic E-state index is 10.8. The van der Waals surface area contributed by atoms with E-state index in [9.17, 15) is 9.59 Å². The molecule has 0 aliphatic rings. The van der Waals surface area contributed by atoms with E-state index in [-0.39, 0.29) is 18.0 Å². The van der Waals surface area contributed by atoms with Crippen molar-refractivity contribution in [3.63, 3.8) is 0 Å². The quantitative estimate of drug-likeness (QED) is 0.777. The second-order valence-electron chi connectivity index (χ2n) is 2.92. The number of carboxylic acid groups (broad SMARTS) is 1. The van der Waals surface area contributed by atoms with Crippen LogP contribution in [-0.2, 0) is 9.53 Å². The summed E-state index contributed by atoms with van der Waals surface area (Å²) in [6.45, 7) is 0. The fourth-order valence-electron chi connectivity index (χ4n) is 1.08. The molecule has 0 radical (unpaired) electrons. The third-order valence-electron chi connectivity index (χ3n) is 1.86. The molecule has 0 fully saturated rings. The van der Waals surface area contributed by atoms with Crippen LogP contribution in [0, 0.1) is 0 Å². The molecule has 0 atom stereocenters. The molecule has 1 heterocycles. The minimum atomic E-state index is -1.05. The maximum absolute atomic E-state index is 10.8. The predicted molar refractivity (Wildman–Crippen MR) is 56.9 cm³/mol. The van der Waals surface area contributed by atoms with Gasteiger partial charge in [-0.2, -0.15) is 0 Å². The van der Waals surface area contributed by atoms with Gasteiger partial charge in [-0.05, 0) is 18.2 Å². The summed E-state index contributed by atoms with van der Waals surface area (Å²) in [5.41, 5.74) is 0.419. The topological polar surface area (TPSA) is 76.5 Å². The first kappa shape index (κ1) is 11.9. The first-order valence-corrected chi connectivity index (χ1v) is 4.57. The number of rotatable bonds is 4. The molecule has 0 aliphatic carbocycles. The van der Waals surface area contributed by atoms with Crippen molar-refractivity contribution in [2.75, 3.05) is 7.11 Å². The Balaban J connectivity index is 2.80. The number of carbonyl (C=O) groups excluding carboxylic acids is 1. The Hall–Kier alpha value is -2.17. The van der Waals surface area contributed by atoms with Gasteiger partial charge in [0, 0.05) is 6.20 Å². The number of aromatic carboxylic acids is 1. The lowest BCUT2D eigenvalue weighted by atomic mass is 10.2. The Morgan fingerprint density at radius 2 is 2.31 bits per heavy atom. The highest BCUT2D eigenvalue weighted by Crippen LogP contribution is 2.07. The molecule has 0 unspecified atom stereocenters. The molecule has 0 saturated carbocycles. The largest absolute Gasteiger partial charge is 0.478 e. The number of hydrogen-bond donors (Lipinski definition) is 1. The van der Waals surface area contributed by atoms with Crippen LogP contribution < -0.4 is 0 Å². The molecule has 0 aromatic carbocycles. The Kier molecular flexibility index (Phi) is 4.20. The van der Waals surface area contributed by atoms with E-state index in [4.69, 9.17) is 5.11 Å². The van der Waals surface area contributed by atoms with Crippen molar-refractivity contribution in [2.45, 2.75) is 6.42 Å². The van der Waals surface area contributed by atoms with E-state index >= 15 is 0 Å². The minimum absolute atomic E-state index is 0.0894. The van der Waals surface area contributed by atoms with E-state index < -0.39 is 5.97 Å². The van der Waals surface area contributed by atoms with E-state index in [1.165, 1.54) is 31.5 Å². The second kappa shape index (κ2) is 5.65. The predicted octanol–water partition coefficient (Wildman–Crippen LogP) is 1.36. The lowest BCUT2D eigenvalue weighted by Gasteiger charge is -1.98. The van der Waals surface area contributed by atoms with Crippen LogP contribution in [0.25, 0.3) is 6.08 Å².